The molecule has 2 heterocycles. The Morgan fingerprint density at radius 3 is 3.15 bits per heavy atom. The first-order valence-corrected chi connectivity index (χ1v) is 4.17. The first-order valence-electron chi connectivity index (χ1n) is 3.44. The maximum Gasteiger partial charge on any atom is 0.279 e. The molecule has 2 rings (SSSR count). The van der Waals surface area contributed by atoms with Crippen molar-refractivity contribution < 1.29 is 4.79 Å². The van der Waals surface area contributed by atoms with Crippen molar-refractivity contribution in [3.8, 4) is 0 Å². The van der Waals surface area contributed by atoms with Crippen LogP contribution in [-0.2, 0) is 0 Å². The molecule has 0 unspecified atom stereocenters. The fraction of sp³-hybridized carbons (Fsp3) is 0. The second kappa shape index (κ2) is 3.31. The van der Waals surface area contributed by atoms with Gasteiger partial charge in [0.2, 0.25) is 5.95 Å². The Morgan fingerprint density at radius 1 is 1.62 bits per heavy atom. The SMILES string of the molecule is O=C(Nc1ncc[nH]1)c1cnsn1. The van der Waals surface area contributed by atoms with Gasteiger partial charge in [0.25, 0.3) is 5.91 Å². The van der Waals surface area contributed by atoms with Gasteiger partial charge >= 0.3 is 0 Å². The molecular weight excluding hydrogens is 190 g/mol. The molecule has 0 saturated carbocycles. The minimum absolute atomic E-state index is 0.293. The Bertz CT molecular complexity index is 381. The van der Waals surface area contributed by atoms with Gasteiger partial charge in [-0.3, -0.25) is 10.1 Å². The Morgan fingerprint density at radius 2 is 2.54 bits per heavy atom. The van der Waals surface area contributed by atoms with Gasteiger partial charge in [-0.2, -0.15) is 8.75 Å². The Balaban J connectivity index is 2.08. The van der Waals surface area contributed by atoms with E-state index >= 15 is 0 Å². The van der Waals surface area contributed by atoms with Gasteiger partial charge < -0.3 is 4.98 Å². The largest absolute Gasteiger partial charge is 0.331 e. The molecule has 0 aromatic carbocycles. The highest BCUT2D eigenvalue weighted by molar-refractivity contribution is 6.99. The monoisotopic (exact) mass is 195 g/mol. The zero-order valence-corrected chi connectivity index (χ0v) is 7.21. The number of nitrogens with zero attached hydrogens (tertiary/aromatic N) is 3. The van der Waals surface area contributed by atoms with E-state index < -0.39 is 0 Å². The summed E-state index contributed by atoms with van der Waals surface area (Å²) < 4.78 is 7.49. The van der Waals surface area contributed by atoms with E-state index in [2.05, 4.69) is 24.0 Å². The highest BCUT2D eigenvalue weighted by atomic mass is 32.1. The second-order valence-corrected chi connectivity index (χ2v) is 2.74. The van der Waals surface area contributed by atoms with Crippen LogP contribution in [0.15, 0.2) is 18.6 Å². The van der Waals surface area contributed by atoms with Gasteiger partial charge in [-0.05, 0) is 0 Å². The quantitative estimate of drug-likeness (QED) is 0.731. The van der Waals surface area contributed by atoms with Crippen LogP contribution in [0, 0.1) is 0 Å². The van der Waals surface area contributed by atoms with Gasteiger partial charge in [0.05, 0.1) is 17.9 Å². The molecule has 0 spiro atoms. The summed E-state index contributed by atoms with van der Waals surface area (Å²) in [6.07, 6.45) is 4.58. The van der Waals surface area contributed by atoms with Crippen LogP contribution < -0.4 is 5.32 Å². The third-order valence-electron chi connectivity index (χ3n) is 1.32. The first kappa shape index (κ1) is 7.87. The standard InChI is InChI=1S/C6H5N5OS/c12-5(4-3-9-13-11-4)10-6-7-1-2-8-6/h1-3H,(H2,7,8,10,12). The molecule has 0 aliphatic carbocycles. The number of carbonyl (C=O) groups is 1. The van der Waals surface area contributed by atoms with Gasteiger partial charge in [-0.25, -0.2) is 4.98 Å². The Kier molecular flexibility index (Phi) is 2.01. The first-order chi connectivity index (χ1) is 6.36. The molecule has 13 heavy (non-hydrogen) atoms. The van der Waals surface area contributed by atoms with E-state index in [1.807, 2.05) is 0 Å². The van der Waals surface area contributed by atoms with E-state index in [1.165, 1.54) is 6.20 Å². The van der Waals surface area contributed by atoms with Crippen LogP contribution in [0.2, 0.25) is 0 Å². The van der Waals surface area contributed by atoms with Gasteiger partial charge in [-0.15, -0.1) is 0 Å². The average molecular weight is 195 g/mol. The number of rotatable bonds is 2. The summed E-state index contributed by atoms with van der Waals surface area (Å²) in [5.41, 5.74) is 0.293. The van der Waals surface area contributed by atoms with Crippen LogP contribution in [0.4, 0.5) is 5.95 Å². The molecule has 1 amide bonds. The fourth-order valence-electron chi connectivity index (χ4n) is 0.770. The normalized spacial score (nSPS) is 9.85. The Labute approximate surface area is 77.4 Å². The van der Waals surface area contributed by atoms with Crippen molar-refractivity contribution in [1.29, 1.82) is 0 Å². The van der Waals surface area contributed by atoms with Gasteiger partial charge in [0.1, 0.15) is 0 Å². The Hall–Kier alpha value is -1.76. The highest BCUT2D eigenvalue weighted by Crippen LogP contribution is 2.00. The number of H-pyrrole nitrogens is 1. The van der Waals surface area contributed by atoms with E-state index in [1.54, 1.807) is 12.4 Å². The van der Waals surface area contributed by atoms with Crippen molar-refractivity contribution in [2.75, 3.05) is 5.32 Å². The van der Waals surface area contributed by atoms with Crippen molar-refractivity contribution in [2.24, 2.45) is 0 Å². The molecule has 0 saturated heterocycles. The number of imidazole rings is 1. The summed E-state index contributed by atoms with van der Waals surface area (Å²) in [4.78, 5) is 17.9. The summed E-state index contributed by atoms with van der Waals surface area (Å²) in [7, 11) is 0. The fourth-order valence-corrected chi connectivity index (χ4v) is 1.18. The van der Waals surface area contributed by atoms with Crippen molar-refractivity contribution in [1.82, 2.24) is 18.7 Å². The summed E-state index contributed by atoms with van der Waals surface area (Å²) in [6.45, 7) is 0. The van der Waals surface area contributed by atoms with E-state index in [0.717, 1.165) is 11.7 Å². The molecule has 0 aliphatic heterocycles. The van der Waals surface area contributed by atoms with Crippen molar-refractivity contribution in [2.45, 2.75) is 0 Å². The third kappa shape index (κ3) is 1.70. The van der Waals surface area contributed by atoms with Crippen molar-refractivity contribution >= 4 is 23.6 Å². The number of aromatic nitrogens is 4. The van der Waals surface area contributed by atoms with Crippen molar-refractivity contribution in [3.05, 3.63) is 24.3 Å². The predicted molar refractivity (Wildman–Crippen MR) is 46.4 cm³/mol. The smallest absolute Gasteiger partial charge is 0.279 e. The molecule has 2 N–H and O–H groups in total. The molecule has 0 fully saturated rings. The molecular formula is C6H5N5OS. The number of hydrogen-bond donors (Lipinski definition) is 2. The maximum absolute atomic E-state index is 11.3. The lowest BCUT2D eigenvalue weighted by atomic mass is 10.4. The predicted octanol–water partition coefficient (Wildman–Crippen LogP) is 0.513. The average Bonchev–Trinajstić information content (AvgIpc) is 2.74. The highest BCUT2D eigenvalue weighted by Gasteiger charge is 2.09. The summed E-state index contributed by atoms with van der Waals surface area (Å²) in [5.74, 6) is 0.0849. The molecule has 0 bridgehead atoms. The van der Waals surface area contributed by atoms with Crippen LogP contribution >= 0.6 is 11.7 Å². The number of anilines is 1. The molecule has 6 nitrogen and oxygen atoms in total. The molecule has 0 aliphatic rings. The van der Waals surface area contributed by atoms with Gasteiger partial charge in [0, 0.05) is 12.4 Å². The van der Waals surface area contributed by atoms with E-state index in [-0.39, 0.29) is 5.91 Å². The van der Waals surface area contributed by atoms with Crippen LogP contribution in [0.1, 0.15) is 10.5 Å². The number of amides is 1. The van der Waals surface area contributed by atoms with Gasteiger partial charge in [-0.1, -0.05) is 0 Å². The zero-order valence-electron chi connectivity index (χ0n) is 6.39. The van der Waals surface area contributed by atoms with Gasteiger partial charge in [0.15, 0.2) is 5.69 Å². The van der Waals surface area contributed by atoms with Crippen LogP contribution in [0.5, 0.6) is 0 Å². The second-order valence-electron chi connectivity index (χ2n) is 2.18. The molecule has 0 atom stereocenters. The third-order valence-corrected chi connectivity index (χ3v) is 1.80. The topological polar surface area (TPSA) is 83.6 Å². The van der Waals surface area contributed by atoms with E-state index in [0.29, 0.717) is 11.6 Å². The summed E-state index contributed by atoms with van der Waals surface area (Å²) in [5, 5.41) is 2.52. The molecule has 66 valence electrons. The van der Waals surface area contributed by atoms with Crippen molar-refractivity contribution in [3.63, 3.8) is 0 Å². The minimum Gasteiger partial charge on any atom is -0.331 e. The minimum atomic E-state index is -0.316. The maximum atomic E-state index is 11.3. The molecule has 0 radical (unpaired) electrons. The molecule has 2 aromatic rings. The number of hydrogen-bond acceptors (Lipinski definition) is 5. The molecule has 2 aromatic heterocycles. The van der Waals surface area contributed by atoms with Crippen LogP contribution in [0.25, 0.3) is 0 Å². The summed E-state index contributed by atoms with van der Waals surface area (Å²) in [6, 6.07) is 0. The van der Waals surface area contributed by atoms with E-state index in [9.17, 15) is 4.79 Å². The summed E-state index contributed by atoms with van der Waals surface area (Å²) >= 11 is 0.989. The zero-order chi connectivity index (χ0) is 9.10. The van der Waals surface area contributed by atoms with E-state index in [4.69, 9.17) is 0 Å². The lowest BCUT2D eigenvalue weighted by Gasteiger charge is -1.95. The number of aromatic amines is 1. The lowest BCUT2D eigenvalue weighted by molar-refractivity contribution is 0.102. The molecule has 7 heteroatoms. The lowest BCUT2D eigenvalue weighted by Crippen LogP contribution is -2.12. The van der Waals surface area contributed by atoms with Crippen LogP contribution in [-0.4, -0.2) is 24.6 Å². The van der Waals surface area contributed by atoms with Crippen LogP contribution in [0.3, 0.4) is 0 Å². The number of carbonyl (C=O) groups excluding carboxylic acids is 1. The number of nitrogens with one attached hydrogen (secondary N) is 2.